The number of anilines is 1. The smallest absolute Gasteiger partial charge is 0.145 e. The topological polar surface area (TPSA) is 62.9 Å². The van der Waals surface area contributed by atoms with Gasteiger partial charge in [0.25, 0.3) is 0 Å². The van der Waals surface area contributed by atoms with Crippen molar-refractivity contribution >= 4 is 28.3 Å². The number of nitrogen functional groups attached to an aromatic ring is 1. The van der Waals surface area contributed by atoms with Crippen LogP contribution in [0, 0.1) is 9.39 Å². The van der Waals surface area contributed by atoms with Gasteiger partial charge >= 0.3 is 0 Å². The largest absolute Gasteiger partial charge is 0.489 e. The van der Waals surface area contributed by atoms with Crippen LogP contribution in [0.2, 0.25) is 0 Å². The molecule has 2 N–H and O–H groups in total. The molecule has 0 unspecified atom stereocenters. The summed E-state index contributed by atoms with van der Waals surface area (Å²) in [6.45, 7) is 2.80. The highest BCUT2D eigenvalue weighted by atomic mass is 127. The lowest BCUT2D eigenvalue weighted by atomic mass is 10.3. The third-order valence-corrected chi connectivity index (χ3v) is 3.17. The molecule has 0 heterocycles. The fraction of sp³-hybridized carbons (Fsp3) is 0.538. The van der Waals surface area contributed by atoms with Crippen LogP contribution in [0.4, 0.5) is 10.1 Å². The Kier molecular flexibility index (Phi) is 8.83. The van der Waals surface area contributed by atoms with Gasteiger partial charge in [0.1, 0.15) is 18.2 Å². The van der Waals surface area contributed by atoms with E-state index in [-0.39, 0.29) is 5.82 Å². The van der Waals surface area contributed by atoms with Crippen LogP contribution in [0.3, 0.4) is 0 Å². The third kappa shape index (κ3) is 6.69. The summed E-state index contributed by atoms with van der Waals surface area (Å²) < 4.78 is 34.5. The summed E-state index contributed by atoms with van der Waals surface area (Å²) in [5, 5.41) is 0. The molecule has 0 saturated carbocycles. The van der Waals surface area contributed by atoms with E-state index in [2.05, 4.69) is 0 Å². The van der Waals surface area contributed by atoms with E-state index in [1.54, 1.807) is 7.11 Å². The minimum Gasteiger partial charge on any atom is -0.489 e. The van der Waals surface area contributed by atoms with Gasteiger partial charge in [-0.25, -0.2) is 4.39 Å². The molecule has 20 heavy (non-hydrogen) atoms. The molecule has 1 aromatic carbocycles. The Morgan fingerprint density at radius 2 is 1.65 bits per heavy atom. The molecule has 0 radical (unpaired) electrons. The van der Waals surface area contributed by atoms with Gasteiger partial charge in [0.15, 0.2) is 0 Å². The van der Waals surface area contributed by atoms with E-state index < -0.39 is 0 Å². The van der Waals surface area contributed by atoms with Crippen molar-refractivity contribution in [3.05, 3.63) is 21.5 Å². The van der Waals surface area contributed by atoms with E-state index in [1.165, 1.54) is 12.1 Å². The van der Waals surface area contributed by atoms with Crippen molar-refractivity contribution in [3.8, 4) is 5.75 Å². The van der Waals surface area contributed by atoms with Gasteiger partial charge < -0.3 is 24.7 Å². The first-order chi connectivity index (χ1) is 9.65. The Morgan fingerprint density at radius 3 is 2.30 bits per heavy atom. The number of halogens is 2. The number of hydrogen-bond donors (Lipinski definition) is 1. The maximum absolute atomic E-state index is 13.3. The number of benzene rings is 1. The maximum atomic E-state index is 13.3. The van der Waals surface area contributed by atoms with Crippen LogP contribution in [-0.2, 0) is 14.2 Å². The van der Waals surface area contributed by atoms with Gasteiger partial charge in [0.05, 0.1) is 42.3 Å². The Bertz CT molecular complexity index is 406. The van der Waals surface area contributed by atoms with Crippen molar-refractivity contribution < 1.29 is 23.3 Å². The normalized spacial score (nSPS) is 10.8. The number of rotatable bonds is 10. The SMILES string of the molecule is COCCOCCOCCOc1cc(F)c(I)cc1N. The quantitative estimate of drug-likeness (QED) is 0.371. The first kappa shape index (κ1) is 17.4. The maximum Gasteiger partial charge on any atom is 0.145 e. The van der Waals surface area contributed by atoms with Gasteiger partial charge in [-0.3, -0.25) is 0 Å². The van der Waals surface area contributed by atoms with E-state index >= 15 is 0 Å². The Labute approximate surface area is 131 Å². The van der Waals surface area contributed by atoms with Gasteiger partial charge in [-0.15, -0.1) is 0 Å². The van der Waals surface area contributed by atoms with Crippen LogP contribution in [0.5, 0.6) is 5.75 Å². The Hall–Kier alpha value is -0.640. The monoisotopic (exact) mass is 399 g/mol. The third-order valence-electron chi connectivity index (χ3n) is 2.34. The van der Waals surface area contributed by atoms with Gasteiger partial charge in [-0.1, -0.05) is 0 Å². The fourth-order valence-corrected chi connectivity index (χ4v) is 1.83. The van der Waals surface area contributed by atoms with Crippen LogP contribution in [0.15, 0.2) is 12.1 Å². The van der Waals surface area contributed by atoms with Gasteiger partial charge in [-0.2, -0.15) is 0 Å². The second-order valence-electron chi connectivity index (χ2n) is 3.87. The lowest BCUT2D eigenvalue weighted by molar-refractivity contribution is 0.0180. The highest BCUT2D eigenvalue weighted by Crippen LogP contribution is 2.26. The second kappa shape index (κ2) is 10.1. The molecule has 0 amide bonds. The van der Waals surface area contributed by atoms with E-state index in [1.807, 2.05) is 22.6 Å². The zero-order valence-corrected chi connectivity index (χ0v) is 13.5. The van der Waals surface area contributed by atoms with E-state index in [9.17, 15) is 4.39 Å². The number of ether oxygens (including phenoxy) is 4. The summed E-state index contributed by atoms with van der Waals surface area (Å²) in [5.41, 5.74) is 6.15. The molecule has 1 aromatic rings. The van der Waals surface area contributed by atoms with Crippen molar-refractivity contribution in [2.45, 2.75) is 0 Å². The Morgan fingerprint density at radius 1 is 1.05 bits per heavy atom. The van der Waals surface area contributed by atoms with Crippen LogP contribution < -0.4 is 10.5 Å². The second-order valence-corrected chi connectivity index (χ2v) is 5.03. The van der Waals surface area contributed by atoms with Crippen molar-refractivity contribution in [3.63, 3.8) is 0 Å². The van der Waals surface area contributed by atoms with Crippen molar-refractivity contribution in [1.82, 2.24) is 0 Å². The molecule has 1 rings (SSSR count). The van der Waals surface area contributed by atoms with Crippen LogP contribution >= 0.6 is 22.6 Å². The standard InChI is InChI=1S/C13H19FINO4/c1-17-2-3-18-4-5-19-6-7-20-13-8-10(14)11(15)9-12(13)16/h8-9H,2-7,16H2,1H3. The van der Waals surface area contributed by atoms with Gasteiger partial charge in [0.2, 0.25) is 0 Å². The minimum absolute atomic E-state index is 0.308. The first-order valence-corrected chi connectivity index (χ1v) is 7.24. The summed E-state index contributed by atoms with van der Waals surface area (Å²) in [6.07, 6.45) is 0. The summed E-state index contributed by atoms with van der Waals surface area (Å²) in [7, 11) is 1.62. The molecule has 5 nitrogen and oxygen atoms in total. The zero-order chi connectivity index (χ0) is 14.8. The first-order valence-electron chi connectivity index (χ1n) is 6.17. The average molecular weight is 399 g/mol. The molecule has 0 saturated heterocycles. The van der Waals surface area contributed by atoms with Crippen molar-refractivity contribution in [2.24, 2.45) is 0 Å². The minimum atomic E-state index is -0.345. The predicted molar refractivity (Wildman–Crippen MR) is 82.5 cm³/mol. The molecule has 0 aromatic heterocycles. The molecule has 0 bridgehead atoms. The number of methoxy groups -OCH3 is 1. The average Bonchev–Trinajstić information content (AvgIpc) is 2.42. The number of hydrogen-bond acceptors (Lipinski definition) is 5. The summed E-state index contributed by atoms with van der Waals surface area (Å²) in [4.78, 5) is 0. The van der Waals surface area contributed by atoms with Crippen LogP contribution in [0.1, 0.15) is 0 Å². The summed E-state index contributed by atoms with van der Waals surface area (Å²) in [5.74, 6) is -0.00915. The highest BCUT2D eigenvalue weighted by Gasteiger charge is 2.06. The summed E-state index contributed by atoms with van der Waals surface area (Å²) in [6, 6.07) is 2.82. The highest BCUT2D eigenvalue weighted by molar-refractivity contribution is 14.1. The molecule has 0 aliphatic carbocycles. The molecule has 0 atom stereocenters. The van der Waals surface area contributed by atoms with E-state index in [0.29, 0.717) is 54.6 Å². The lowest BCUT2D eigenvalue weighted by Crippen LogP contribution is -2.12. The van der Waals surface area contributed by atoms with Gasteiger partial charge in [0, 0.05) is 13.2 Å². The number of nitrogens with two attached hydrogens (primary N) is 1. The molecular formula is C13H19FINO4. The van der Waals surface area contributed by atoms with Crippen LogP contribution in [-0.4, -0.2) is 46.8 Å². The Balaban J connectivity index is 2.11. The molecule has 0 aliphatic rings. The summed E-state index contributed by atoms with van der Waals surface area (Å²) >= 11 is 1.88. The van der Waals surface area contributed by atoms with Gasteiger partial charge in [-0.05, 0) is 28.7 Å². The molecule has 7 heteroatoms. The van der Waals surface area contributed by atoms with Crippen LogP contribution in [0.25, 0.3) is 0 Å². The lowest BCUT2D eigenvalue weighted by Gasteiger charge is -2.10. The zero-order valence-electron chi connectivity index (χ0n) is 11.4. The van der Waals surface area contributed by atoms with E-state index in [0.717, 1.165) is 0 Å². The van der Waals surface area contributed by atoms with E-state index in [4.69, 9.17) is 24.7 Å². The molecule has 114 valence electrons. The molecule has 0 aliphatic heterocycles. The van der Waals surface area contributed by atoms with Crippen molar-refractivity contribution in [2.75, 3.05) is 52.5 Å². The molecule has 0 fully saturated rings. The predicted octanol–water partition coefficient (Wildman–Crippen LogP) is 2.07. The molecular weight excluding hydrogens is 380 g/mol. The van der Waals surface area contributed by atoms with Crippen molar-refractivity contribution in [1.29, 1.82) is 0 Å². The fourth-order valence-electron chi connectivity index (χ4n) is 1.34. The molecule has 0 spiro atoms.